The summed E-state index contributed by atoms with van der Waals surface area (Å²) < 4.78 is 0.766. The van der Waals surface area contributed by atoms with E-state index >= 15 is 0 Å². The first-order chi connectivity index (χ1) is 9.56. The monoisotopic (exact) mass is 352 g/mol. The van der Waals surface area contributed by atoms with Gasteiger partial charge in [-0.2, -0.15) is 0 Å². The molecule has 0 heterocycles. The van der Waals surface area contributed by atoms with E-state index < -0.39 is 6.04 Å². The van der Waals surface area contributed by atoms with Gasteiger partial charge in [0, 0.05) is 9.50 Å². The van der Waals surface area contributed by atoms with E-state index in [0.29, 0.717) is 17.1 Å². The highest BCUT2D eigenvalue weighted by Gasteiger charge is 2.15. The molecule has 5 heteroatoms. The fourth-order valence-electron chi connectivity index (χ4n) is 1.78. The smallest absolute Gasteiger partial charge is 0.241 e. The van der Waals surface area contributed by atoms with Crippen molar-refractivity contribution >= 4 is 39.1 Å². The van der Waals surface area contributed by atoms with Crippen LogP contribution in [0.1, 0.15) is 5.56 Å². The van der Waals surface area contributed by atoms with Gasteiger partial charge in [-0.1, -0.05) is 41.9 Å². The third-order valence-corrected chi connectivity index (χ3v) is 3.75. The van der Waals surface area contributed by atoms with Crippen molar-refractivity contribution in [3.8, 4) is 0 Å². The minimum absolute atomic E-state index is 0.239. The van der Waals surface area contributed by atoms with Crippen LogP contribution in [0.25, 0.3) is 0 Å². The van der Waals surface area contributed by atoms with Gasteiger partial charge < -0.3 is 11.1 Å². The molecular weight excluding hydrogens is 340 g/mol. The van der Waals surface area contributed by atoms with Crippen molar-refractivity contribution in [1.82, 2.24) is 0 Å². The number of benzene rings is 2. The van der Waals surface area contributed by atoms with Gasteiger partial charge in [0.25, 0.3) is 0 Å². The third kappa shape index (κ3) is 4.07. The Balaban J connectivity index is 2.02. The minimum atomic E-state index is -0.608. The van der Waals surface area contributed by atoms with Gasteiger partial charge in [0.1, 0.15) is 0 Å². The fourth-order valence-corrected chi connectivity index (χ4v) is 2.30. The molecule has 0 aliphatic heterocycles. The number of hydrogen-bond acceptors (Lipinski definition) is 2. The number of nitrogens with one attached hydrogen (secondary N) is 1. The summed E-state index contributed by atoms with van der Waals surface area (Å²) in [5.41, 5.74) is 7.57. The van der Waals surface area contributed by atoms with Crippen LogP contribution in [-0.4, -0.2) is 11.9 Å². The molecule has 1 atom stereocenters. The molecule has 0 bridgehead atoms. The largest absolute Gasteiger partial charge is 0.324 e. The summed E-state index contributed by atoms with van der Waals surface area (Å²) in [6.07, 6.45) is 0.491. The second kappa shape index (κ2) is 6.88. The Morgan fingerprint density at radius 3 is 2.65 bits per heavy atom. The van der Waals surface area contributed by atoms with E-state index in [1.807, 2.05) is 30.3 Å². The van der Waals surface area contributed by atoms with Crippen LogP contribution in [0.15, 0.2) is 53.0 Å². The molecule has 0 spiro atoms. The van der Waals surface area contributed by atoms with Gasteiger partial charge in [0.05, 0.1) is 11.7 Å². The predicted molar refractivity (Wildman–Crippen MR) is 85.9 cm³/mol. The molecule has 0 radical (unpaired) electrons. The van der Waals surface area contributed by atoms with E-state index in [2.05, 4.69) is 21.2 Å². The van der Waals surface area contributed by atoms with Crippen LogP contribution in [-0.2, 0) is 11.2 Å². The fraction of sp³-hybridized carbons (Fsp3) is 0.133. The number of nitrogens with two attached hydrogens (primary N) is 1. The highest BCUT2D eigenvalue weighted by molar-refractivity contribution is 9.10. The number of hydrogen-bond donors (Lipinski definition) is 2. The average Bonchev–Trinajstić information content (AvgIpc) is 2.44. The number of anilines is 1. The molecule has 2 rings (SSSR count). The summed E-state index contributed by atoms with van der Waals surface area (Å²) in [7, 11) is 0. The molecule has 2 aromatic carbocycles. The maximum absolute atomic E-state index is 12.1. The number of carbonyl (C=O) groups excluding carboxylic acids is 1. The van der Waals surface area contributed by atoms with E-state index in [1.165, 1.54) is 0 Å². The number of carbonyl (C=O) groups is 1. The van der Waals surface area contributed by atoms with Crippen LogP contribution in [0.2, 0.25) is 5.02 Å². The van der Waals surface area contributed by atoms with Gasteiger partial charge in [-0.25, -0.2) is 0 Å². The summed E-state index contributed by atoms with van der Waals surface area (Å²) >= 11 is 9.27. The van der Waals surface area contributed by atoms with Crippen molar-refractivity contribution in [2.24, 2.45) is 5.73 Å². The first-order valence-electron chi connectivity index (χ1n) is 6.11. The Morgan fingerprint density at radius 2 is 1.95 bits per heavy atom. The zero-order valence-corrected chi connectivity index (χ0v) is 13.0. The normalized spacial score (nSPS) is 11.9. The van der Waals surface area contributed by atoms with E-state index in [1.54, 1.807) is 18.2 Å². The van der Waals surface area contributed by atoms with Crippen molar-refractivity contribution in [3.05, 3.63) is 63.6 Å². The third-order valence-electron chi connectivity index (χ3n) is 2.82. The quantitative estimate of drug-likeness (QED) is 0.882. The van der Waals surface area contributed by atoms with Crippen molar-refractivity contribution in [3.63, 3.8) is 0 Å². The van der Waals surface area contributed by atoms with Crippen LogP contribution >= 0.6 is 27.5 Å². The molecule has 0 aliphatic carbocycles. The minimum Gasteiger partial charge on any atom is -0.324 e. The van der Waals surface area contributed by atoms with Crippen molar-refractivity contribution in [2.45, 2.75) is 12.5 Å². The first kappa shape index (κ1) is 15.0. The lowest BCUT2D eigenvalue weighted by Crippen LogP contribution is -2.37. The van der Waals surface area contributed by atoms with Crippen LogP contribution in [0.5, 0.6) is 0 Å². The molecule has 0 saturated carbocycles. The summed E-state index contributed by atoms with van der Waals surface area (Å²) in [6.45, 7) is 0. The van der Waals surface area contributed by atoms with Gasteiger partial charge in [0.15, 0.2) is 0 Å². The Hall–Kier alpha value is -1.36. The Morgan fingerprint density at radius 1 is 1.25 bits per heavy atom. The van der Waals surface area contributed by atoms with Crippen molar-refractivity contribution in [2.75, 3.05) is 5.32 Å². The molecule has 1 amide bonds. The molecule has 20 heavy (non-hydrogen) atoms. The van der Waals surface area contributed by atoms with E-state index in [-0.39, 0.29) is 5.91 Å². The second-order valence-corrected chi connectivity index (χ2v) is 5.70. The summed E-state index contributed by atoms with van der Waals surface area (Å²) in [5.74, 6) is -0.239. The SMILES string of the molecule is N[C@H](Cc1ccccc1)C(=O)Nc1cc(Cl)ccc1Br. The number of amides is 1. The zero-order valence-electron chi connectivity index (χ0n) is 10.6. The maximum atomic E-state index is 12.1. The first-order valence-corrected chi connectivity index (χ1v) is 7.29. The van der Waals surface area contributed by atoms with E-state index in [9.17, 15) is 4.79 Å². The average molecular weight is 354 g/mol. The van der Waals surface area contributed by atoms with Gasteiger partial charge in [-0.15, -0.1) is 0 Å². The van der Waals surface area contributed by atoms with Crippen LogP contribution in [0, 0.1) is 0 Å². The molecule has 104 valence electrons. The molecule has 0 fully saturated rings. The Kier molecular flexibility index (Phi) is 5.17. The molecular formula is C15H14BrClN2O. The molecule has 0 aliphatic rings. The second-order valence-electron chi connectivity index (χ2n) is 4.41. The van der Waals surface area contributed by atoms with Crippen LogP contribution < -0.4 is 11.1 Å². The number of halogens is 2. The van der Waals surface area contributed by atoms with Gasteiger partial charge in [-0.05, 0) is 46.1 Å². The summed E-state index contributed by atoms with van der Waals surface area (Å²) in [6, 6.07) is 14.3. The van der Waals surface area contributed by atoms with Crippen LogP contribution in [0.3, 0.4) is 0 Å². The standard InChI is InChI=1S/C15H14BrClN2O/c16-12-7-6-11(17)9-14(12)19-15(20)13(18)8-10-4-2-1-3-5-10/h1-7,9,13H,8,18H2,(H,19,20)/t13-/m1/s1. The summed E-state index contributed by atoms with van der Waals surface area (Å²) in [4.78, 5) is 12.1. The highest BCUT2D eigenvalue weighted by Crippen LogP contribution is 2.26. The highest BCUT2D eigenvalue weighted by atomic mass is 79.9. The molecule has 0 unspecified atom stereocenters. The molecule has 0 saturated heterocycles. The molecule has 3 nitrogen and oxygen atoms in total. The Bertz CT molecular complexity index is 604. The maximum Gasteiger partial charge on any atom is 0.241 e. The topological polar surface area (TPSA) is 55.1 Å². The Labute approximate surface area is 131 Å². The van der Waals surface area contributed by atoms with Gasteiger partial charge in [-0.3, -0.25) is 4.79 Å². The lowest BCUT2D eigenvalue weighted by Gasteiger charge is -2.13. The number of rotatable bonds is 4. The van der Waals surface area contributed by atoms with E-state index in [0.717, 1.165) is 10.0 Å². The molecule has 2 aromatic rings. The van der Waals surface area contributed by atoms with Crippen molar-refractivity contribution in [1.29, 1.82) is 0 Å². The lowest BCUT2D eigenvalue weighted by molar-refractivity contribution is -0.117. The summed E-state index contributed by atoms with van der Waals surface area (Å²) in [5, 5.41) is 3.33. The van der Waals surface area contributed by atoms with E-state index in [4.69, 9.17) is 17.3 Å². The lowest BCUT2D eigenvalue weighted by atomic mass is 10.1. The molecule has 3 N–H and O–H groups in total. The van der Waals surface area contributed by atoms with Gasteiger partial charge >= 0.3 is 0 Å². The van der Waals surface area contributed by atoms with Crippen LogP contribution in [0.4, 0.5) is 5.69 Å². The molecule has 0 aromatic heterocycles. The zero-order chi connectivity index (χ0) is 14.5. The van der Waals surface area contributed by atoms with Gasteiger partial charge in [0.2, 0.25) is 5.91 Å². The van der Waals surface area contributed by atoms with Crippen molar-refractivity contribution < 1.29 is 4.79 Å². The predicted octanol–water partition coefficient (Wildman–Crippen LogP) is 3.61.